The lowest BCUT2D eigenvalue weighted by Crippen LogP contribution is -2.50. The summed E-state index contributed by atoms with van der Waals surface area (Å²) in [7, 11) is -3.71. The van der Waals surface area contributed by atoms with Gasteiger partial charge in [-0.3, -0.25) is 4.90 Å². The molecule has 1 N–H and O–H groups in total. The molecule has 0 aliphatic carbocycles. The molecule has 0 aromatic heterocycles. The number of hydrogen-bond donors (Lipinski definition) is 1. The van der Waals surface area contributed by atoms with Gasteiger partial charge < -0.3 is 9.84 Å². The predicted octanol–water partition coefficient (Wildman–Crippen LogP) is 1.57. The summed E-state index contributed by atoms with van der Waals surface area (Å²) in [6.07, 6.45) is -0.555. The molecule has 2 rings (SSSR count). The van der Waals surface area contributed by atoms with Crippen LogP contribution in [0.1, 0.15) is 13.8 Å². The normalized spacial score (nSPS) is 18.6. The molecule has 1 aliphatic heterocycles. The molecular weight excluding hydrogens is 371 g/mol. The van der Waals surface area contributed by atoms with Gasteiger partial charge in [0.2, 0.25) is 10.0 Å². The first-order valence-electron chi connectivity index (χ1n) is 8.17. The van der Waals surface area contributed by atoms with E-state index in [1.807, 2.05) is 18.7 Å². The molecule has 1 atom stereocenters. The van der Waals surface area contributed by atoms with E-state index >= 15 is 0 Å². The minimum Gasteiger partial charge on any atom is -0.389 e. The lowest BCUT2D eigenvalue weighted by Gasteiger charge is -2.35. The number of halogens is 2. The Kier molecular flexibility index (Phi) is 7.19. The number of ether oxygens (including phenoxy) is 1. The van der Waals surface area contributed by atoms with Crippen molar-refractivity contribution in [3.05, 3.63) is 29.0 Å². The molecule has 6 nitrogen and oxygen atoms in total. The van der Waals surface area contributed by atoms with Gasteiger partial charge in [-0.05, 0) is 32.0 Å². The van der Waals surface area contributed by atoms with Gasteiger partial charge in [0.15, 0.2) is 0 Å². The van der Waals surface area contributed by atoms with Crippen molar-refractivity contribution in [2.45, 2.75) is 31.0 Å². The summed E-state index contributed by atoms with van der Waals surface area (Å²) in [6.45, 7) is 6.10. The second-order valence-electron chi connectivity index (χ2n) is 6.32. The van der Waals surface area contributed by atoms with Crippen LogP contribution in [0.4, 0.5) is 4.39 Å². The molecule has 0 spiro atoms. The minimum atomic E-state index is -3.71. The van der Waals surface area contributed by atoms with Crippen molar-refractivity contribution in [3.63, 3.8) is 0 Å². The third-order valence-electron chi connectivity index (χ3n) is 3.95. The molecule has 0 saturated carbocycles. The number of sulfonamides is 1. The molecule has 9 heteroatoms. The largest absolute Gasteiger partial charge is 0.389 e. The molecule has 0 radical (unpaired) electrons. The third-order valence-corrected chi connectivity index (χ3v) is 6.14. The van der Waals surface area contributed by atoms with Crippen LogP contribution in [-0.2, 0) is 14.8 Å². The number of β-amino-alcohol motifs (C(OH)–C–C–N with tert-alkyl or cyclic N) is 1. The fraction of sp³-hybridized carbons (Fsp3) is 0.625. The van der Waals surface area contributed by atoms with Crippen molar-refractivity contribution in [2.24, 2.45) is 0 Å². The van der Waals surface area contributed by atoms with Gasteiger partial charge in [0.25, 0.3) is 0 Å². The van der Waals surface area contributed by atoms with E-state index in [-0.39, 0.29) is 22.6 Å². The Balaban J connectivity index is 1.91. The summed E-state index contributed by atoms with van der Waals surface area (Å²) in [4.78, 5) is 1.98. The molecular formula is C16H24ClFN2O4S. The highest BCUT2D eigenvalue weighted by molar-refractivity contribution is 7.89. The summed E-state index contributed by atoms with van der Waals surface area (Å²) in [5.74, 6) is -0.650. The van der Waals surface area contributed by atoms with Gasteiger partial charge >= 0.3 is 0 Å². The Morgan fingerprint density at radius 3 is 2.48 bits per heavy atom. The first-order valence-corrected chi connectivity index (χ1v) is 9.99. The molecule has 0 amide bonds. The monoisotopic (exact) mass is 394 g/mol. The standard InChI is InChI=1S/C16H24ClFN2O4S/c1-12(2)24-11-13(21)10-19-5-7-20(8-6-19)25(22,23)14-3-4-16(18)15(17)9-14/h3-4,9,12-13,21H,5-8,10-11H2,1-2H3. The molecule has 1 fully saturated rings. The molecule has 0 bridgehead atoms. The van der Waals surface area contributed by atoms with Gasteiger partial charge in [-0.25, -0.2) is 12.8 Å². The van der Waals surface area contributed by atoms with E-state index in [4.69, 9.17) is 16.3 Å². The summed E-state index contributed by atoms with van der Waals surface area (Å²) < 4.78 is 45.2. The zero-order valence-electron chi connectivity index (χ0n) is 14.4. The SMILES string of the molecule is CC(C)OCC(O)CN1CCN(S(=O)(=O)c2ccc(F)c(Cl)c2)CC1. The quantitative estimate of drug-likeness (QED) is 0.760. The lowest BCUT2D eigenvalue weighted by atomic mass is 10.3. The van der Waals surface area contributed by atoms with Crippen LogP contribution in [0, 0.1) is 5.82 Å². The van der Waals surface area contributed by atoms with Gasteiger partial charge in [-0.15, -0.1) is 0 Å². The smallest absolute Gasteiger partial charge is 0.243 e. The molecule has 1 aliphatic rings. The maximum atomic E-state index is 13.2. The maximum absolute atomic E-state index is 13.2. The molecule has 142 valence electrons. The third kappa shape index (κ3) is 5.60. The topological polar surface area (TPSA) is 70.1 Å². The average molecular weight is 395 g/mol. The molecule has 1 aromatic rings. The molecule has 1 unspecified atom stereocenters. The molecule has 1 saturated heterocycles. The second-order valence-corrected chi connectivity index (χ2v) is 8.66. The van der Waals surface area contributed by atoms with E-state index in [0.717, 1.165) is 12.1 Å². The van der Waals surface area contributed by atoms with E-state index in [0.29, 0.717) is 32.7 Å². The van der Waals surface area contributed by atoms with Crippen LogP contribution >= 0.6 is 11.6 Å². The Hall–Kier alpha value is -0.770. The van der Waals surface area contributed by atoms with Crippen molar-refractivity contribution in [2.75, 3.05) is 39.3 Å². The van der Waals surface area contributed by atoms with Gasteiger partial charge in [0, 0.05) is 32.7 Å². The van der Waals surface area contributed by atoms with E-state index in [1.54, 1.807) is 0 Å². The van der Waals surface area contributed by atoms with Crippen LogP contribution in [0.3, 0.4) is 0 Å². The van der Waals surface area contributed by atoms with Crippen LogP contribution in [0.2, 0.25) is 5.02 Å². The van der Waals surface area contributed by atoms with E-state index in [1.165, 1.54) is 10.4 Å². The highest BCUT2D eigenvalue weighted by atomic mass is 35.5. The first-order chi connectivity index (χ1) is 11.7. The maximum Gasteiger partial charge on any atom is 0.243 e. The van der Waals surface area contributed by atoms with Gasteiger partial charge in [0.05, 0.1) is 28.7 Å². The lowest BCUT2D eigenvalue weighted by molar-refractivity contribution is -0.0117. The van der Waals surface area contributed by atoms with Crippen molar-refractivity contribution in [3.8, 4) is 0 Å². The highest BCUT2D eigenvalue weighted by Crippen LogP contribution is 2.23. The van der Waals surface area contributed by atoms with Crippen LogP contribution in [0.25, 0.3) is 0 Å². The number of aliphatic hydroxyl groups is 1. The van der Waals surface area contributed by atoms with Crippen LogP contribution in [0.15, 0.2) is 23.1 Å². The summed E-state index contributed by atoms with van der Waals surface area (Å²) in [6, 6.07) is 3.40. The Bertz CT molecular complexity index is 679. The van der Waals surface area contributed by atoms with Crippen molar-refractivity contribution in [1.29, 1.82) is 0 Å². The van der Waals surface area contributed by atoms with Crippen molar-refractivity contribution < 1.29 is 22.7 Å². The molecule has 25 heavy (non-hydrogen) atoms. The highest BCUT2D eigenvalue weighted by Gasteiger charge is 2.29. The number of hydrogen-bond acceptors (Lipinski definition) is 5. The summed E-state index contributed by atoms with van der Waals surface area (Å²) >= 11 is 5.69. The first kappa shape index (κ1) is 20.5. The second kappa shape index (κ2) is 8.75. The molecule has 1 heterocycles. The number of benzene rings is 1. The van der Waals surface area contributed by atoms with Gasteiger partial charge in [0.1, 0.15) is 5.82 Å². The van der Waals surface area contributed by atoms with E-state index < -0.39 is 21.9 Å². The Labute approximate surface area is 153 Å². The Morgan fingerprint density at radius 1 is 1.28 bits per heavy atom. The summed E-state index contributed by atoms with van der Waals surface area (Å²) in [5.41, 5.74) is 0. The zero-order chi connectivity index (χ0) is 18.6. The molecule has 1 aromatic carbocycles. The van der Waals surface area contributed by atoms with E-state index in [9.17, 15) is 17.9 Å². The van der Waals surface area contributed by atoms with Gasteiger partial charge in [-0.1, -0.05) is 11.6 Å². The Morgan fingerprint density at radius 2 is 1.92 bits per heavy atom. The van der Waals surface area contributed by atoms with E-state index in [2.05, 4.69) is 0 Å². The average Bonchev–Trinajstić information content (AvgIpc) is 2.56. The van der Waals surface area contributed by atoms with Gasteiger partial charge in [-0.2, -0.15) is 4.31 Å². The fourth-order valence-corrected chi connectivity index (χ4v) is 4.29. The number of nitrogens with zero attached hydrogens (tertiary/aromatic N) is 2. The number of aliphatic hydroxyl groups excluding tert-OH is 1. The zero-order valence-corrected chi connectivity index (χ0v) is 15.9. The summed E-state index contributed by atoms with van der Waals surface area (Å²) in [5, 5.41) is 9.75. The number of piperazine rings is 1. The number of rotatable bonds is 7. The predicted molar refractivity (Wildman–Crippen MR) is 93.7 cm³/mol. The van der Waals surface area contributed by atoms with Crippen LogP contribution in [-0.4, -0.2) is 74.3 Å². The minimum absolute atomic E-state index is 0.0160. The van der Waals surface area contributed by atoms with Crippen LogP contribution in [0.5, 0.6) is 0 Å². The fourth-order valence-electron chi connectivity index (χ4n) is 2.59. The van der Waals surface area contributed by atoms with Crippen molar-refractivity contribution in [1.82, 2.24) is 9.21 Å². The van der Waals surface area contributed by atoms with Crippen LogP contribution < -0.4 is 0 Å². The van der Waals surface area contributed by atoms with Crippen molar-refractivity contribution >= 4 is 21.6 Å².